The van der Waals surface area contributed by atoms with E-state index < -0.39 is 12.1 Å². The Morgan fingerprint density at radius 1 is 0.630 bits per heavy atom. The maximum Gasteiger partial charge on any atom is 0.508 e. The highest BCUT2D eigenvalue weighted by molar-refractivity contribution is 5.72. The molecule has 0 aromatic rings. The van der Waals surface area contributed by atoms with Crippen molar-refractivity contribution in [3.05, 3.63) is 24.3 Å². The standard InChI is InChI=1S/C46H81NO7/c1-5-9-10-11-12-13-14-15-16-17-18-19-20-21-22-27-44(48)52-36-40(38-54-46(50)51-35-24-34-47(7-3)8-4)37-53-45(49)43-32-30-42(31-33-43)41-26-23-25-39(6-2)28-29-41/h12-13,15-16,39-43H,5-11,14,17-38H2,1-4H3/b13-12-,16-15-/t39-,40?,41-,42?,43?/m0/s1. The van der Waals surface area contributed by atoms with Crippen LogP contribution in [0.15, 0.2) is 24.3 Å². The number of allylic oxidation sites excluding steroid dienone is 4. The zero-order chi connectivity index (χ0) is 39.1. The summed E-state index contributed by atoms with van der Waals surface area (Å²) in [5, 5.41) is 0. The molecular weight excluding hydrogens is 679 g/mol. The number of carbonyl (C=O) groups is 3. The molecule has 0 spiro atoms. The van der Waals surface area contributed by atoms with Crippen LogP contribution in [0.4, 0.5) is 4.79 Å². The number of hydrogen-bond donors (Lipinski definition) is 0. The molecule has 2 saturated carbocycles. The van der Waals surface area contributed by atoms with Crippen molar-refractivity contribution in [1.82, 2.24) is 4.90 Å². The number of carbonyl (C=O) groups excluding carboxylic acids is 3. The first kappa shape index (κ1) is 47.8. The van der Waals surface area contributed by atoms with Crippen molar-refractivity contribution >= 4 is 18.1 Å². The molecule has 2 aliphatic carbocycles. The summed E-state index contributed by atoms with van der Waals surface area (Å²) in [7, 11) is 0. The summed E-state index contributed by atoms with van der Waals surface area (Å²) in [5.74, 6) is 1.44. The number of rotatable bonds is 29. The Bertz CT molecular complexity index is 1020. The lowest BCUT2D eigenvalue weighted by molar-refractivity contribution is -0.154. The van der Waals surface area contributed by atoms with Crippen molar-refractivity contribution in [2.24, 2.45) is 29.6 Å². The third-order valence-electron chi connectivity index (χ3n) is 11.9. The molecule has 8 nitrogen and oxygen atoms in total. The van der Waals surface area contributed by atoms with Gasteiger partial charge in [-0.15, -0.1) is 0 Å². The van der Waals surface area contributed by atoms with Gasteiger partial charge in [-0.25, -0.2) is 4.79 Å². The Morgan fingerprint density at radius 2 is 1.26 bits per heavy atom. The third-order valence-corrected chi connectivity index (χ3v) is 11.9. The van der Waals surface area contributed by atoms with E-state index in [4.69, 9.17) is 18.9 Å². The molecule has 2 rings (SSSR count). The van der Waals surface area contributed by atoms with E-state index >= 15 is 0 Å². The van der Waals surface area contributed by atoms with Crippen molar-refractivity contribution in [1.29, 1.82) is 0 Å². The van der Waals surface area contributed by atoms with Gasteiger partial charge in [-0.3, -0.25) is 9.59 Å². The van der Waals surface area contributed by atoms with Crippen LogP contribution in [0.3, 0.4) is 0 Å². The van der Waals surface area contributed by atoms with Crippen LogP contribution in [0.5, 0.6) is 0 Å². The molecule has 0 saturated heterocycles. The predicted octanol–water partition coefficient (Wildman–Crippen LogP) is 11.8. The Balaban J connectivity index is 1.70. The highest BCUT2D eigenvalue weighted by atomic mass is 16.7. The Hall–Kier alpha value is -2.35. The molecule has 0 aromatic heterocycles. The van der Waals surface area contributed by atoms with Crippen molar-refractivity contribution in [3.63, 3.8) is 0 Å². The second-order valence-electron chi connectivity index (χ2n) is 16.1. The fourth-order valence-corrected chi connectivity index (χ4v) is 8.15. The zero-order valence-electron chi connectivity index (χ0n) is 35.2. The third kappa shape index (κ3) is 22.9. The summed E-state index contributed by atoms with van der Waals surface area (Å²) in [6, 6.07) is 0. The van der Waals surface area contributed by atoms with Crippen molar-refractivity contribution in [2.75, 3.05) is 46.1 Å². The molecule has 0 bridgehead atoms. The highest BCUT2D eigenvalue weighted by Crippen LogP contribution is 2.41. The topological polar surface area (TPSA) is 91.4 Å². The van der Waals surface area contributed by atoms with E-state index in [0.29, 0.717) is 6.42 Å². The van der Waals surface area contributed by atoms with Crippen LogP contribution in [0, 0.1) is 29.6 Å². The van der Waals surface area contributed by atoms with Crippen LogP contribution in [-0.4, -0.2) is 69.1 Å². The molecule has 8 heteroatoms. The second kappa shape index (κ2) is 31.8. The van der Waals surface area contributed by atoms with E-state index in [1.54, 1.807) is 0 Å². The summed E-state index contributed by atoms with van der Waals surface area (Å²) < 4.78 is 22.1. The average molecular weight is 760 g/mol. The van der Waals surface area contributed by atoms with Gasteiger partial charge in [0.1, 0.15) is 19.8 Å². The average Bonchev–Trinajstić information content (AvgIpc) is 3.45. The van der Waals surface area contributed by atoms with E-state index in [2.05, 4.69) is 56.9 Å². The Labute approximate surface area is 330 Å². The smallest absolute Gasteiger partial charge is 0.465 e. The second-order valence-corrected chi connectivity index (χ2v) is 16.1. The van der Waals surface area contributed by atoms with Gasteiger partial charge >= 0.3 is 18.1 Å². The number of esters is 2. The Kier molecular flexibility index (Phi) is 28.2. The van der Waals surface area contributed by atoms with E-state index in [0.717, 1.165) is 108 Å². The van der Waals surface area contributed by atoms with Crippen LogP contribution in [-0.2, 0) is 28.5 Å². The molecule has 0 N–H and O–H groups in total. The minimum atomic E-state index is -0.746. The molecule has 312 valence electrons. The van der Waals surface area contributed by atoms with E-state index in [1.165, 1.54) is 70.6 Å². The van der Waals surface area contributed by atoms with Gasteiger partial charge in [0.15, 0.2) is 0 Å². The van der Waals surface area contributed by atoms with E-state index in [9.17, 15) is 14.4 Å². The van der Waals surface area contributed by atoms with Gasteiger partial charge in [0.25, 0.3) is 0 Å². The molecule has 0 amide bonds. The fraction of sp³-hybridized carbons (Fsp3) is 0.848. The molecule has 3 atom stereocenters. The predicted molar refractivity (Wildman–Crippen MR) is 220 cm³/mol. The van der Waals surface area contributed by atoms with Crippen molar-refractivity contribution in [3.8, 4) is 0 Å². The lowest BCUT2D eigenvalue weighted by Crippen LogP contribution is -2.31. The lowest BCUT2D eigenvalue weighted by Gasteiger charge is -2.33. The van der Waals surface area contributed by atoms with Crippen molar-refractivity contribution < 1.29 is 33.3 Å². The van der Waals surface area contributed by atoms with Gasteiger partial charge in [-0.05, 0) is 108 Å². The maximum atomic E-state index is 13.2. The number of unbranched alkanes of at least 4 members (excludes halogenated alkanes) is 8. The minimum absolute atomic E-state index is 0.0354. The molecule has 0 aliphatic heterocycles. The largest absolute Gasteiger partial charge is 0.508 e. The fourth-order valence-electron chi connectivity index (χ4n) is 8.15. The zero-order valence-corrected chi connectivity index (χ0v) is 35.2. The maximum absolute atomic E-state index is 13.2. The van der Waals surface area contributed by atoms with E-state index in [1.807, 2.05) is 0 Å². The van der Waals surface area contributed by atoms with Crippen molar-refractivity contribution in [2.45, 2.75) is 175 Å². The normalized spacial score (nSPS) is 21.3. The summed E-state index contributed by atoms with van der Waals surface area (Å²) in [5.41, 5.74) is 0. The summed E-state index contributed by atoms with van der Waals surface area (Å²) in [4.78, 5) is 40.4. The van der Waals surface area contributed by atoms with Gasteiger partial charge in [0.05, 0.1) is 18.4 Å². The van der Waals surface area contributed by atoms with Crippen LogP contribution >= 0.6 is 0 Å². The molecule has 2 fully saturated rings. The van der Waals surface area contributed by atoms with Gasteiger partial charge in [-0.2, -0.15) is 0 Å². The summed E-state index contributed by atoms with van der Waals surface area (Å²) in [6.07, 6.45) is 33.8. The SMILES string of the molecule is CCCCC/C=C\C/C=C\CCCCCCCC(=O)OCC(COC(=O)OCCCN(CC)CC)COC(=O)C1CCC([C@H]2CCC[C@H](CC)CC2)CC1. The molecule has 0 radical (unpaired) electrons. The molecule has 0 aromatic carbocycles. The lowest BCUT2D eigenvalue weighted by atomic mass is 9.73. The first-order valence-electron chi connectivity index (χ1n) is 22.5. The minimum Gasteiger partial charge on any atom is -0.465 e. The molecular formula is C46H81NO7. The van der Waals surface area contributed by atoms with Crippen LogP contribution in [0.1, 0.15) is 175 Å². The van der Waals surface area contributed by atoms with Crippen LogP contribution < -0.4 is 0 Å². The highest BCUT2D eigenvalue weighted by Gasteiger charge is 2.33. The molecule has 0 heterocycles. The van der Waals surface area contributed by atoms with Crippen LogP contribution in [0.2, 0.25) is 0 Å². The number of hydrogen-bond acceptors (Lipinski definition) is 8. The summed E-state index contributed by atoms with van der Waals surface area (Å²) >= 11 is 0. The Morgan fingerprint density at radius 3 is 1.96 bits per heavy atom. The van der Waals surface area contributed by atoms with Gasteiger partial charge < -0.3 is 23.8 Å². The molecule has 54 heavy (non-hydrogen) atoms. The van der Waals surface area contributed by atoms with Gasteiger partial charge in [0, 0.05) is 13.0 Å². The number of nitrogens with zero attached hydrogens (tertiary/aromatic N) is 1. The molecule has 1 unspecified atom stereocenters. The van der Waals surface area contributed by atoms with Crippen LogP contribution in [0.25, 0.3) is 0 Å². The van der Waals surface area contributed by atoms with Gasteiger partial charge in [-0.1, -0.05) is 116 Å². The first-order valence-corrected chi connectivity index (χ1v) is 22.5. The number of ether oxygens (including phenoxy) is 4. The monoisotopic (exact) mass is 760 g/mol. The first-order chi connectivity index (χ1) is 26.4. The summed E-state index contributed by atoms with van der Waals surface area (Å²) in [6.45, 7) is 11.9. The molecule has 2 aliphatic rings. The quantitative estimate of drug-likeness (QED) is 0.0245. The van der Waals surface area contributed by atoms with Gasteiger partial charge in [0.2, 0.25) is 0 Å². The van der Waals surface area contributed by atoms with E-state index in [-0.39, 0.29) is 44.3 Å².